The van der Waals surface area contributed by atoms with Crippen LogP contribution in [0.15, 0.2) is 42.7 Å². The molecule has 5 nitrogen and oxygen atoms in total. The maximum absolute atomic E-state index is 11.3. The van der Waals surface area contributed by atoms with E-state index in [-0.39, 0.29) is 11.6 Å². The maximum atomic E-state index is 11.3. The van der Waals surface area contributed by atoms with E-state index in [4.69, 9.17) is 0 Å². The fraction of sp³-hybridized carbons (Fsp3) is 0.312. The second-order valence-corrected chi connectivity index (χ2v) is 5.19. The van der Waals surface area contributed by atoms with Gasteiger partial charge >= 0.3 is 5.97 Å². The molecule has 21 heavy (non-hydrogen) atoms. The fourth-order valence-corrected chi connectivity index (χ4v) is 2.87. The third-order valence-electron chi connectivity index (χ3n) is 3.87. The summed E-state index contributed by atoms with van der Waals surface area (Å²) in [6, 6.07) is 9.44. The van der Waals surface area contributed by atoms with Crippen molar-refractivity contribution in [2.45, 2.75) is 25.4 Å². The van der Waals surface area contributed by atoms with Gasteiger partial charge < -0.3 is 5.11 Å². The van der Waals surface area contributed by atoms with Gasteiger partial charge in [0.05, 0.1) is 23.0 Å². The molecule has 5 heteroatoms. The normalized spacial score (nSPS) is 18.8. The summed E-state index contributed by atoms with van der Waals surface area (Å²) < 4.78 is 0. The number of carbonyl (C=O) groups is 1. The molecule has 0 bridgehead atoms. The number of carboxylic acids is 1. The number of hydrogen-bond acceptors (Lipinski definition) is 4. The molecule has 1 unspecified atom stereocenters. The zero-order valence-electron chi connectivity index (χ0n) is 11.6. The number of aromatic carboxylic acids is 1. The number of aromatic nitrogens is 2. The van der Waals surface area contributed by atoms with Gasteiger partial charge in [0.1, 0.15) is 0 Å². The molecule has 108 valence electrons. The molecule has 3 rings (SSSR count). The van der Waals surface area contributed by atoms with E-state index in [0.29, 0.717) is 12.2 Å². The molecule has 0 amide bonds. The number of pyridine rings is 2. The Morgan fingerprint density at radius 2 is 2.10 bits per heavy atom. The monoisotopic (exact) mass is 283 g/mol. The van der Waals surface area contributed by atoms with Crippen molar-refractivity contribution in [1.29, 1.82) is 0 Å². The predicted molar refractivity (Wildman–Crippen MR) is 77.8 cm³/mol. The zero-order chi connectivity index (χ0) is 14.7. The van der Waals surface area contributed by atoms with Crippen LogP contribution in [-0.2, 0) is 6.54 Å². The number of likely N-dealkylation sites (tertiary alicyclic amines) is 1. The molecule has 1 N–H and O–H groups in total. The lowest BCUT2D eigenvalue weighted by Gasteiger charge is -2.24. The van der Waals surface area contributed by atoms with Crippen molar-refractivity contribution in [1.82, 2.24) is 14.9 Å². The maximum Gasteiger partial charge on any atom is 0.337 e. The number of hydrogen-bond donors (Lipinski definition) is 1. The molecule has 0 saturated carbocycles. The highest BCUT2D eigenvalue weighted by molar-refractivity contribution is 5.88. The van der Waals surface area contributed by atoms with Crippen molar-refractivity contribution >= 4 is 5.97 Å². The molecule has 1 aliphatic heterocycles. The number of rotatable bonds is 4. The van der Waals surface area contributed by atoms with Crippen LogP contribution in [0.4, 0.5) is 0 Å². The third-order valence-corrected chi connectivity index (χ3v) is 3.87. The summed E-state index contributed by atoms with van der Waals surface area (Å²) in [5.74, 6) is -0.924. The molecule has 0 radical (unpaired) electrons. The summed E-state index contributed by atoms with van der Waals surface area (Å²) in [5.41, 5.74) is 1.94. The van der Waals surface area contributed by atoms with E-state index in [0.717, 1.165) is 25.1 Å². The Morgan fingerprint density at radius 3 is 2.86 bits per heavy atom. The van der Waals surface area contributed by atoms with Crippen LogP contribution >= 0.6 is 0 Å². The summed E-state index contributed by atoms with van der Waals surface area (Å²) >= 11 is 0. The smallest absolute Gasteiger partial charge is 0.337 e. The first kappa shape index (κ1) is 13.7. The van der Waals surface area contributed by atoms with Gasteiger partial charge in [0.25, 0.3) is 0 Å². The molecule has 1 aliphatic rings. The molecule has 1 atom stereocenters. The topological polar surface area (TPSA) is 66.3 Å². The molecule has 2 aromatic heterocycles. The average molecular weight is 283 g/mol. The largest absolute Gasteiger partial charge is 0.478 e. The summed E-state index contributed by atoms with van der Waals surface area (Å²) in [5, 5.41) is 9.25. The van der Waals surface area contributed by atoms with E-state index >= 15 is 0 Å². The van der Waals surface area contributed by atoms with Crippen LogP contribution in [0, 0.1) is 0 Å². The summed E-state index contributed by atoms with van der Waals surface area (Å²) in [6.07, 6.45) is 5.59. The van der Waals surface area contributed by atoms with Gasteiger partial charge in [-0.05, 0) is 43.7 Å². The van der Waals surface area contributed by atoms with Crippen molar-refractivity contribution in [2.24, 2.45) is 0 Å². The Labute approximate surface area is 123 Å². The summed E-state index contributed by atoms with van der Waals surface area (Å²) in [4.78, 5) is 22.2. The highest BCUT2D eigenvalue weighted by atomic mass is 16.4. The minimum absolute atomic E-state index is 0.245. The van der Waals surface area contributed by atoms with E-state index in [1.54, 1.807) is 24.5 Å². The first-order chi connectivity index (χ1) is 10.3. The lowest BCUT2D eigenvalue weighted by Crippen LogP contribution is -2.25. The molecule has 1 saturated heterocycles. The highest BCUT2D eigenvalue weighted by Gasteiger charge is 2.28. The van der Waals surface area contributed by atoms with Crippen LogP contribution in [-0.4, -0.2) is 32.5 Å². The van der Waals surface area contributed by atoms with E-state index in [1.165, 1.54) is 0 Å². The van der Waals surface area contributed by atoms with Crippen molar-refractivity contribution in [3.05, 3.63) is 59.7 Å². The molecule has 0 spiro atoms. The van der Waals surface area contributed by atoms with Gasteiger partial charge in [-0.3, -0.25) is 14.9 Å². The highest BCUT2D eigenvalue weighted by Crippen LogP contribution is 2.31. The van der Waals surface area contributed by atoms with Gasteiger partial charge in [0.15, 0.2) is 0 Å². The third kappa shape index (κ3) is 2.92. The van der Waals surface area contributed by atoms with Crippen LogP contribution in [0.2, 0.25) is 0 Å². The van der Waals surface area contributed by atoms with Gasteiger partial charge in [-0.1, -0.05) is 6.07 Å². The van der Waals surface area contributed by atoms with Gasteiger partial charge in [-0.25, -0.2) is 4.79 Å². The predicted octanol–water partition coefficient (Wildman–Crippen LogP) is 2.51. The average Bonchev–Trinajstić information content (AvgIpc) is 2.96. The summed E-state index contributed by atoms with van der Waals surface area (Å²) in [6.45, 7) is 1.49. The van der Waals surface area contributed by atoms with Gasteiger partial charge in [0.2, 0.25) is 0 Å². The number of nitrogens with zero attached hydrogens (tertiary/aromatic N) is 3. The van der Waals surface area contributed by atoms with Crippen LogP contribution in [0.1, 0.15) is 40.6 Å². The van der Waals surface area contributed by atoms with Gasteiger partial charge in [0, 0.05) is 18.9 Å². The van der Waals surface area contributed by atoms with Gasteiger partial charge in [-0.15, -0.1) is 0 Å². The SMILES string of the molecule is O=C(O)c1cccnc1CN1CCCC1c1ccccn1. The molecule has 0 aliphatic carbocycles. The van der Waals surface area contributed by atoms with Crippen molar-refractivity contribution < 1.29 is 9.90 Å². The molecule has 1 fully saturated rings. The Morgan fingerprint density at radius 1 is 1.24 bits per heavy atom. The standard InChI is InChI=1S/C16H17N3O2/c20-16(21)12-5-3-9-18-14(12)11-19-10-4-7-15(19)13-6-1-2-8-17-13/h1-3,5-6,8-9,15H,4,7,10-11H2,(H,20,21). The first-order valence-corrected chi connectivity index (χ1v) is 7.08. The second kappa shape index (κ2) is 6.01. The van der Waals surface area contributed by atoms with E-state index in [2.05, 4.69) is 14.9 Å². The Kier molecular flexibility index (Phi) is 3.92. The van der Waals surface area contributed by atoms with E-state index < -0.39 is 5.97 Å². The Balaban J connectivity index is 1.83. The lowest BCUT2D eigenvalue weighted by atomic mass is 10.1. The minimum atomic E-state index is -0.924. The molecular weight excluding hydrogens is 266 g/mol. The number of carboxylic acid groups (broad SMARTS) is 1. The van der Waals surface area contributed by atoms with Crippen LogP contribution in [0.25, 0.3) is 0 Å². The minimum Gasteiger partial charge on any atom is -0.478 e. The van der Waals surface area contributed by atoms with Crippen molar-refractivity contribution in [3.63, 3.8) is 0 Å². The van der Waals surface area contributed by atoms with Crippen molar-refractivity contribution in [3.8, 4) is 0 Å². The second-order valence-electron chi connectivity index (χ2n) is 5.19. The van der Waals surface area contributed by atoms with Crippen molar-refractivity contribution in [2.75, 3.05) is 6.54 Å². The first-order valence-electron chi connectivity index (χ1n) is 7.08. The quantitative estimate of drug-likeness (QED) is 0.934. The van der Waals surface area contributed by atoms with E-state index in [9.17, 15) is 9.90 Å². The Hall–Kier alpha value is -2.27. The molecule has 3 heterocycles. The Bertz CT molecular complexity index is 630. The van der Waals surface area contributed by atoms with Crippen LogP contribution in [0.3, 0.4) is 0 Å². The molecule has 2 aromatic rings. The van der Waals surface area contributed by atoms with Crippen LogP contribution < -0.4 is 0 Å². The van der Waals surface area contributed by atoms with Crippen LogP contribution in [0.5, 0.6) is 0 Å². The zero-order valence-corrected chi connectivity index (χ0v) is 11.6. The van der Waals surface area contributed by atoms with Gasteiger partial charge in [-0.2, -0.15) is 0 Å². The molecule has 0 aromatic carbocycles. The molecular formula is C16H17N3O2. The van der Waals surface area contributed by atoms with E-state index in [1.807, 2.05) is 18.2 Å². The fourth-order valence-electron chi connectivity index (χ4n) is 2.87. The lowest BCUT2D eigenvalue weighted by molar-refractivity contribution is 0.0693. The summed E-state index contributed by atoms with van der Waals surface area (Å²) in [7, 11) is 0.